The van der Waals surface area contributed by atoms with E-state index in [-0.39, 0.29) is 0 Å². The summed E-state index contributed by atoms with van der Waals surface area (Å²) in [5.74, 6) is 2.14. The summed E-state index contributed by atoms with van der Waals surface area (Å²) in [6, 6.07) is 13.1. The van der Waals surface area contributed by atoms with Crippen molar-refractivity contribution in [2.24, 2.45) is 0 Å². The molecule has 19 heavy (non-hydrogen) atoms. The van der Waals surface area contributed by atoms with Crippen molar-refractivity contribution < 1.29 is 9.47 Å². The minimum absolute atomic E-state index is 0.621. The number of halogens is 1. The summed E-state index contributed by atoms with van der Waals surface area (Å²) >= 11 is 3.45. The summed E-state index contributed by atoms with van der Waals surface area (Å²) < 4.78 is 12.3. The van der Waals surface area contributed by atoms with Crippen molar-refractivity contribution in [3.8, 4) is 17.2 Å². The van der Waals surface area contributed by atoms with E-state index in [0.717, 1.165) is 22.4 Å². The van der Waals surface area contributed by atoms with Crippen molar-refractivity contribution in [2.45, 2.75) is 13.3 Å². The molecular formula is C15H16BrNO2. The lowest BCUT2D eigenvalue weighted by Gasteiger charge is -2.11. The normalized spacial score (nSPS) is 10.2. The number of anilines is 1. The molecule has 0 aliphatic rings. The van der Waals surface area contributed by atoms with E-state index in [1.54, 1.807) is 12.1 Å². The third kappa shape index (κ3) is 3.89. The zero-order valence-electron chi connectivity index (χ0n) is 10.7. The summed E-state index contributed by atoms with van der Waals surface area (Å²) in [5.41, 5.74) is 6.47. The van der Waals surface area contributed by atoms with Crippen LogP contribution in [0.5, 0.6) is 17.2 Å². The van der Waals surface area contributed by atoms with Gasteiger partial charge in [0.25, 0.3) is 0 Å². The van der Waals surface area contributed by atoms with Crippen molar-refractivity contribution in [1.82, 2.24) is 0 Å². The topological polar surface area (TPSA) is 44.5 Å². The van der Waals surface area contributed by atoms with Gasteiger partial charge in [0.2, 0.25) is 0 Å². The minimum Gasteiger partial charge on any atom is -0.493 e. The fourth-order valence-corrected chi connectivity index (χ4v) is 1.98. The summed E-state index contributed by atoms with van der Waals surface area (Å²) in [6.07, 6.45) is 0.954. The van der Waals surface area contributed by atoms with Crippen molar-refractivity contribution in [2.75, 3.05) is 12.3 Å². The quantitative estimate of drug-likeness (QED) is 0.818. The predicted octanol–water partition coefficient (Wildman–Crippen LogP) is 4.61. The number of hydrogen-bond donors (Lipinski definition) is 1. The van der Waals surface area contributed by atoms with Gasteiger partial charge < -0.3 is 15.2 Å². The van der Waals surface area contributed by atoms with Gasteiger partial charge in [-0.15, -0.1) is 0 Å². The molecule has 2 N–H and O–H groups in total. The number of ether oxygens (including phenoxy) is 2. The highest BCUT2D eigenvalue weighted by molar-refractivity contribution is 9.10. The van der Waals surface area contributed by atoms with Crippen LogP contribution in [0.1, 0.15) is 13.3 Å². The van der Waals surface area contributed by atoms with Crippen LogP contribution in [0.15, 0.2) is 46.9 Å². The molecule has 0 aromatic heterocycles. The van der Waals surface area contributed by atoms with E-state index in [2.05, 4.69) is 22.9 Å². The van der Waals surface area contributed by atoms with Crippen LogP contribution >= 0.6 is 15.9 Å². The Labute approximate surface area is 121 Å². The molecular weight excluding hydrogens is 306 g/mol. The number of nitrogen functional groups attached to an aromatic ring is 1. The van der Waals surface area contributed by atoms with Gasteiger partial charge in [-0.2, -0.15) is 0 Å². The molecule has 0 aliphatic heterocycles. The molecule has 100 valence electrons. The molecule has 0 saturated carbocycles. The lowest BCUT2D eigenvalue weighted by atomic mass is 10.3. The maximum Gasteiger partial charge on any atom is 0.141 e. The van der Waals surface area contributed by atoms with Gasteiger partial charge in [0.05, 0.1) is 11.1 Å². The fourth-order valence-electron chi connectivity index (χ4n) is 1.61. The Kier molecular flexibility index (Phi) is 4.68. The second kappa shape index (κ2) is 6.48. The first kappa shape index (κ1) is 13.7. The highest BCUT2D eigenvalue weighted by Crippen LogP contribution is 2.32. The molecule has 0 fully saturated rings. The van der Waals surface area contributed by atoms with Crippen LogP contribution in [-0.4, -0.2) is 6.61 Å². The molecule has 0 spiro atoms. The molecule has 2 aromatic rings. The molecule has 0 radical (unpaired) electrons. The van der Waals surface area contributed by atoms with Crippen molar-refractivity contribution in [1.29, 1.82) is 0 Å². The van der Waals surface area contributed by atoms with Crippen molar-refractivity contribution >= 4 is 21.6 Å². The van der Waals surface area contributed by atoms with E-state index in [9.17, 15) is 0 Å². The fraction of sp³-hybridized carbons (Fsp3) is 0.200. The van der Waals surface area contributed by atoms with E-state index in [1.165, 1.54) is 0 Å². The molecule has 2 rings (SSSR count). The zero-order chi connectivity index (χ0) is 13.7. The minimum atomic E-state index is 0.621. The monoisotopic (exact) mass is 321 g/mol. The molecule has 0 unspecified atom stereocenters. The Bertz CT molecular complexity index is 558. The predicted molar refractivity (Wildman–Crippen MR) is 80.9 cm³/mol. The Balaban J connectivity index is 2.20. The third-order valence-corrected chi connectivity index (χ3v) is 3.09. The summed E-state index contributed by atoms with van der Waals surface area (Å²) in [5, 5.41) is 0. The Morgan fingerprint density at radius 1 is 1.11 bits per heavy atom. The summed E-state index contributed by atoms with van der Waals surface area (Å²) in [4.78, 5) is 0. The maximum atomic E-state index is 5.85. The summed E-state index contributed by atoms with van der Waals surface area (Å²) in [6.45, 7) is 2.72. The average Bonchev–Trinajstić information content (AvgIpc) is 2.38. The SMILES string of the molecule is CCCOc1cc(N)cc(Oc2ccccc2Br)c1. The van der Waals surface area contributed by atoms with Gasteiger partial charge in [-0.1, -0.05) is 19.1 Å². The summed E-state index contributed by atoms with van der Waals surface area (Å²) in [7, 11) is 0. The van der Waals surface area contributed by atoms with Gasteiger partial charge in [-0.25, -0.2) is 0 Å². The Hall–Kier alpha value is -1.68. The van der Waals surface area contributed by atoms with E-state index in [4.69, 9.17) is 15.2 Å². The molecule has 0 heterocycles. The second-order valence-electron chi connectivity index (χ2n) is 4.12. The van der Waals surface area contributed by atoms with Crippen LogP contribution in [0, 0.1) is 0 Å². The van der Waals surface area contributed by atoms with Gasteiger partial charge in [0, 0.05) is 23.9 Å². The smallest absolute Gasteiger partial charge is 0.141 e. The zero-order valence-corrected chi connectivity index (χ0v) is 12.3. The van der Waals surface area contributed by atoms with Crippen LogP contribution in [0.2, 0.25) is 0 Å². The first-order chi connectivity index (χ1) is 9.19. The Morgan fingerprint density at radius 3 is 2.58 bits per heavy atom. The van der Waals surface area contributed by atoms with Crippen LogP contribution in [0.25, 0.3) is 0 Å². The van der Waals surface area contributed by atoms with Crippen molar-refractivity contribution in [3.05, 3.63) is 46.9 Å². The van der Waals surface area contributed by atoms with Gasteiger partial charge >= 0.3 is 0 Å². The number of para-hydroxylation sites is 1. The average molecular weight is 322 g/mol. The molecule has 0 amide bonds. The molecule has 2 aromatic carbocycles. The van der Waals surface area contributed by atoms with Gasteiger partial charge in [0.15, 0.2) is 0 Å². The van der Waals surface area contributed by atoms with Crippen molar-refractivity contribution in [3.63, 3.8) is 0 Å². The lowest BCUT2D eigenvalue weighted by molar-refractivity contribution is 0.316. The van der Waals surface area contributed by atoms with Crippen LogP contribution in [0.4, 0.5) is 5.69 Å². The second-order valence-corrected chi connectivity index (χ2v) is 4.97. The molecule has 0 atom stereocenters. The number of nitrogens with two attached hydrogens (primary N) is 1. The molecule has 3 nitrogen and oxygen atoms in total. The lowest BCUT2D eigenvalue weighted by Crippen LogP contribution is -1.97. The Morgan fingerprint density at radius 2 is 1.84 bits per heavy atom. The first-order valence-corrected chi connectivity index (χ1v) is 6.94. The highest BCUT2D eigenvalue weighted by Gasteiger charge is 2.05. The third-order valence-electron chi connectivity index (χ3n) is 2.44. The molecule has 0 aliphatic carbocycles. The van der Waals surface area contributed by atoms with Crippen LogP contribution < -0.4 is 15.2 Å². The van der Waals surface area contributed by atoms with Crippen LogP contribution in [-0.2, 0) is 0 Å². The largest absolute Gasteiger partial charge is 0.493 e. The molecule has 0 saturated heterocycles. The van der Waals surface area contributed by atoms with E-state index in [1.807, 2.05) is 30.3 Å². The maximum absolute atomic E-state index is 5.85. The molecule has 4 heteroatoms. The highest BCUT2D eigenvalue weighted by atomic mass is 79.9. The van der Waals surface area contributed by atoms with E-state index < -0.39 is 0 Å². The molecule has 0 bridgehead atoms. The van der Waals surface area contributed by atoms with Gasteiger partial charge in [-0.05, 0) is 34.5 Å². The van der Waals surface area contributed by atoms with Gasteiger partial charge in [0.1, 0.15) is 17.2 Å². The first-order valence-electron chi connectivity index (χ1n) is 6.15. The van der Waals surface area contributed by atoms with E-state index >= 15 is 0 Å². The standard InChI is InChI=1S/C15H16BrNO2/c1-2-7-18-12-8-11(17)9-13(10-12)19-15-6-4-3-5-14(15)16/h3-6,8-10H,2,7,17H2,1H3. The van der Waals surface area contributed by atoms with Gasteiger partial charge in [-0.3, -0.25) is 0 Å². The van der Waals surface area contributed by atoms with E-state index in [0.29, 0.717) is 18.0 Å². The number of rotatable bonds is 5. The number of benzene rings is 2. The van der Waals surface area contributed by atoms with Crippen LogP contribution in [0.3, 0.4) is 0 Å². The number of hydrogen-bond acceptors (Lipinski definition) is 3.